The normalized spacial score (nSPS) is 18.7. The summed E-state index contributed by atoms with van der Waals surface area (Å²) in [5, 5.41) is 0. The van der Waals surface area contributed by atoms with Crippen molar-refractivity contribution in [1.82, 2.24) is 0 Å². The van der Waals surface area contributed by atoms with Crippen molar-refractivity contribution in [3.8, 4) is 16.9 Å². The van der Waals surface area contributed by atoms with Crippen LogP contribution < -0.4 is 4.74 Å². The molecular formula is C26H30F4O. The molecule has 0 heterocycles. The van der Waals surface area contributed by atoms with Crippen molar-refractivity contribution in [3.63, 3.8) is 0 Å². The van der Waals surface area contributed by atoms with E-state index in [1.54, 1.807) is 0 Å². The molecule has 1 aliphatic rings. The third-order valence-corrected chi connectivity index (χ3v) is 6.27. The predicted molar refractivity (Wildman–Crippen MR) is 116 cm³/mol. The van der Waals surface area contributed by atoms with E-state index in [1.807, 2.05) is 13.0 Å². The molecule has 2 aromatic rings. The Balaban J connectivity index is 1.79. The number of rotatable bonds is 9. The zero-order valence-electron chi connectivity index (χ0n) is 18.0. The number of hydrogen-bond donors (Lipinski definition) is 0. The van der Waals surface area contributed by atoms with E-state index in [0.29, 0.717) is 17.9 Å². The Kier molecular flexibility index (Phi) is 8.16. The van der Waals surface area contributed by atoms with Gasteiger partial charge in [-0.15, -0.1) is 6.58 Å². The molecule has 0 N–H and O–H groups in total. The second kappa shape index (κ2) is 10.8. The quantitative estimate of drug-likeness (QED) is 0.219. The third-order valence-electron chi connectivity index (χ3n) is 6.27. The first-order valence-electron chi connectivity index (χ1n) is 11.2. The van der Waals surface area contributed by atoms with E-state index < -0.39 is 23.3 Å². The van der Waals surface area contributed by atoms with Gasteiger partial charge < -0.3 is 4.74 Å². The molecule has 0 unspecified atom stereocenters. The molecule has 0 aliphatic heterocycles. The molecule has 168 valence electrons. The Hall–Kier alpha value is -2.30. The zero-order chi connectivity index (χ0) is 22.4. The Morgan fingerprint density at radius 3 is 2.19 bits per heavy atom. The number of ether oxygens (including phenoxy) is 1. The highest BCUT2D eigenvalue weighted by molar-refractivity contribution is 5.66. The smallest absolute Gasteiger partial charge is 0.201 e. The minimum absolute atomic E-state index is 0.0561. The van der Waals surface area contributed by atoms with Gasteiger partial charge in [-0.25, -0.2) is 13.2 Å². The minimum atomic E-state index is -1.23. The van der Waals surface area contributed by atoms with E-state index in [2.05, 4.69) is 6.58 Å². The van der Waals surface area contributed by atoms with E-state index in [9.17, 15) is 17.6 Å². The van der Waals surface area contributed by atoms with Gasteiger partial charge in [-0.1, -0.05) is 31.6 Å². The summed E-state index contributed by atoms with van der Waals surface area (Å²) in [4.78, 5) is 0. The average Bonchev–Trinajstić information content (AvgIpc) is 2.78. The topological polar surface area (TPSA) is 9.23 Å². The fourth-order valence-electron chi connectivity index (χ4n) is 4.38. The Morgan fingerprint density at radius 1 is 0.903 bits per heavy atom. The maximum absolute atomic E-state index is 14.9. The highest BCUT2D eigenvalue weighted by Crippen LogP contribution is 2.40. The van der Waals surface area contributed by atoms with Gasteiger partial charge in [-0.05, 0) is 74.5 Å². The second-order valence-corrected chi connectivity index (χ2v) is 8.36. The summed E-state index contributed by atoms with van der Waals surface area (Å²) in [5.74, 6) is -4.20. The fraction of sp³-hybridized carbons (Fsp3) is 0.462. The van der Waals surface area contributed by atoms with E-state index in [1.165, 1.54) is 24.3 Å². The van der Waals surface area contributed by atoms with Crippen molar-refractivity contribution in [3.05, 3.63) is 65.8 Å². The predicted octanol–water partition coefficient (Wildman–Crippen LogP) is 8.33. The molecule has 3 rings (SSSR count). The summed E-state index contributed by atoms with van der Waals surface area (Å²) in [5.41, 5.74) is -0.266. The highest BCUT2D eigenvalue weighted by Gasteiger charge is 2.27. The molecule has 0 atom stereocenters. The van der Waals surface area contributed by atoms with Crippen molar-refractivity contribution in [2.75, 3.05) is 6.61 Å². The van der Waals surface area contributed by atoms with Crippen LogP contribution in [0, 0.1) is 29.2 Å². The monoisotopic (exact) mass is 434 g/mol. The lowest BCUT2D eigenvalue weighted by molar-refractivity contribution is 0.289. The molecule has 1 saturated carbocycles. The maximum Gasteiger partial charge on any atom is 0.201 e. The van der Waals surface area contributed by atoms with Crippen molar-refractivity contribution >= 4 is 0 Å². The Morgan fingerprint density at radius 2 is 1.55 bits per heavy atom. The molecule has 5 heteroatoms. The van der Waals surface area contributed by atoms with Crippen molar-refractivity contribution < 1.29 is 22.3 Å². The van der Waals surface area contributed by atoms with Crippen LogP contribution in [0.3, 0.4) is 0 Å². The van der Waals surface area contributed by atoms with E-state index in [0.717, 1.165) is 44.9 Å². The standard InChI is InChI=1S/C26H30F4O/c1-3-5-7-17-8-10-18(11-9-17)19-12-13-20(24(28)23(19)27)21-14-15-22(26(30)25(21)29)31-16-6-4-2/h3,12-15,17-18H,1,4-11,16H2,2H3. The van der Waals surface area contributed by atoms with Gasteiger partial charge in [0, 0.05) is 11.1 Å². The van der Waals surface area contributed by atoms with Crippen molar-refractivity contribution in [2.24, 2.45) is 5.92 Å². The minimum Gasteiger partial charge on any atom is -0.490 e. The van der Waals surface area contributed by atoms with Crippen LogP contribution in [0.1, 0.15) is 69.8 Å². The van der Waals surface area contributed by atoms with Crippen molar-refractivity contribution in [2.45, 2.75) is 64.2 Å². The highest BCUT2D eigenvalue weighted by atomic mass is 19.2. The van der Waals surface area contributed by atoms with Crippen LogP contribution in [0.4, 0.5) is 17.6 Å². The average molecular weight is 435 g/mol. The zero-order valence-corrected chi connectivity index (χ0v) is 18.0. The molecule has 1 fully saturated rings. The van der Waals surface area contributed by atoms with Crippen LogP contribution in [0.25, 0.3) is 11.1 Å². The lowest BCUT2D eigenvalue weighted by Gasteiger charge is -2.29. The number of hydrogen-bond acceptors (Lipinski definition) is 1. The van der Waals surface area contributed by atoms with E-state index in [-0.39, 0.29) is 29.4 Å². The molecule has 0 amide bonds. The van der Waals surface area contributed by atoms with Crippen LogP contribution in [0.2, 0.25) is 0 Å². The lowest BCUT2D eigenvalue weighted by atomic mass is 9.77. The van der Waals surface area contributed by atoms with Crippen LogP contribution >= 0.6 is 0 Å². The van der Waals surface area contributed by atoms with Gasteiger partial charge in [0.25, 0.3) is 0 Å². The first-order valence-corrected chi connectivity index (χ1v) is 11.2. The van der Waals surface area contributed by atoms with Gasteiger partial charge in [0.2, 0.25) is 5.82 Å². The third kappa shape index (κ3) is 5.31. The summed E-state index contributed by atoms with van der Waals surface area (Å²) in [6, 6.07) is 5.37. The summed E-state index contributed by atoms with van der Waals surface area (Å²) in [6.07, 6.45) is 9.06. The second-order valence-electron chi connectivity index (χ2n) is 8.36. The number of benzene rings is 2. The summed E-state index contributed by atoms with van der Waals surface area (Å²) in [6.45, 7) is 5.97. The summed E-state index contributed by atoms with van der Waals surface area (Å²) in [7, 11) is 0. The number of allylic oxidation sites excluding steroid dienone is 1. The molecular weight excluding hydrogens is 404 g/mol. The van der Waals surface area contributed by atoms with Gasteiger partial charge in [0.05, 0.1) is 6.61 Å². The molecule has 31 heavy (non-hydrogen) atoms. The summed E-state index contributed by atoms with van der Waals surface area (Å²) >= 11 is 0. The van der Waals surface area contributed by atoms with Crippen LogP contribution in [0.15, 0.2) is 36.9 Å². The Labute approximate surface area is 182 Å². The lowest BCUT2D eigenvalue weighted by Crippen LogP contribution is -2.15. The van der Waals surface area contributed by atoms with Gasteiger partial charge in [-0.3, -0.25) is 0 Å². The number of halogens is 4. The Bertz CT molecular complexity index is 901. The molecule has 2 aromatic carbocycles. The largest absolute Gasteiger partial charge is 0.490 e. The van der Waals surface area contributed by atoms with Gasteiger partial charge in [-0.2, -0.15) is 4.39 Å². The molecule has 0 spiro atoms. The first kappa shape index (κ1) is 23.4. The molecule has 0 aromatic heterocycles. The molecule has 0 bridgehead atoms. The van der Waals surface area contributed by atoms with E-state index >= 15 is 0 Å². The van der Waals surface area contributed by atoms with Gasteiger partial charge in [0.15, 0.2) is 23.2 Å². The molecule has 0 radical (unpaired) electrons. The van der Waals surface area contributed by atoms with Crippen LogP contribution in [0.5, 0.6) is 5.75 Å². The van der Waals surface area contributed by atoms with E-state index in [4.69, 9.17) is 4.74 Å². The van der Waals surface area contributed by atoms with Gasteiger partial charge >= 0.3 is 0 Å². The maximum atomic E-state index is 14.9. The molecule has 1 aliphatic carbocycles. The van der Waals surface area contributed by atoms with Crippen LogP contribution in [-0.4, -0.2) is 6.61 Å². The van der Waals surface area contributed by atoms with Gasteiger partial charge in [0.1, 0.15) is 0 Å². The summed E-state index contributed by atoms with van der Waals surface area (Å²) < 4.78 is 64.1. The fourth-order valence-corrected chi connectivity index (χ4v) is 4.38. The first-order chi connectivity index (χ1) is 15.0. The van der Waals surface area contributed by atoms with Crippen LogP contribution in [-0.2, 0) is 0 Å². The van der Waals surface area contributed by atoms with Crippen molar-refractivity contribution in [1.29, 1.82) is 0 Å². The molecule has 1 nitrogen and oxygen atoms in total. The molecule has 0 saturated heterocycles. The SMILES string of the molecule is C=CCCC1CCC(c2ccc(-c3ccc(OCCCC)c(F)c3F)c(F)c2F)CC1. The number of unbranched alkanes of at least 4 members (excludes halogenated alkanes) is 1.